The highest BCUT2D eigenvalue weighted by atomic mass is 16.5. The van der Waals surface area contributed by atoms with Crippen LogP contribution in [0.3, 0.4) is 0 Å². The Kier molecular flexibility index (Phi) is 5.67. The molecule has 3 nitrogen and oxygen atoms in total. The second-order valence-electron chi connectivity index (χ2n) is 5.11. The fraction of sp³-hybridized carbons (Fsp3) is 0.625. The van der Waals surface area contributed by atoms with Gasteiger partial charge in [0, 0.05) is 12.2 Å². The van der Waals surface area contributed by atoms with Gasteiger partial charge in [-0.25, -0.2) is 0 Å². The first kappa shape index (κ1) is 14.4. The quantitative estimate of drug-likeness (QED) is 0.819. The molecule has 0 radical (unpaired) electrons. The molecule has 1 aromatic carbocycles. The second-order valence-corrected chi connectivity index (χ2v) is 5.11. The van der Waals surface area contributed by atoms with Crippen LogP contribution in [0.1, 0.15) is 50.7 Å². The van der Waals surface area contributed by atoms with Gasteiger partial charge in [0.25, 0.3) is 0 Å². The molecular weight excluding hydrogens is 240 g/mol. The number of aliphatic hydroxyl groups is 1. The minimum atomic E-state index is -0.461. The molecule has 1 saturated heterocycles. The number of aliphatic hydroxyl groups excluding tert-OH is 1. The maximum atomic E-state index is 10.3. The van der Waals surface area contributed by atoms with Crippen LogP contribution < -0.4 is 4.74 Å². The molecule has 2 unspecified atom stereocenters. The van der Waals surface area contributed by atoms with Crippen LogP contribution >= 0.6 is 0 Å². The van der Waals surface area contributed by atoms with E-state index in [9.17, 15) is 5.11 Å². The SMILES string of the molecule is CCCOc1ccccc1C(O)CCC1CCCO1. The zero-order valence-corrected chi connectivity index (χ0v) is 11.7. The lowest BCUT2D eigenvalue weighted by Gasteiger charge is -2.17. The van der Waals surface area contributed by atoms with Crippen molar-refractivity contribution in [2.24, 2.45) is 0 Å². The number of ether oxygens (including phenoxy) is 2. The van der Waals surface area contributed by atoms with Gasteiger partial charge >= 0.3 is 0 Å². The molecule has 3 heteroatoms. The summed E-state index contributed by atoms with van der Waals surface area (Å²) in [6, 6.07) is 7.77. The van der Waals surface area contributed by atoms with Crippen LogP contribution in [0.25, 0.3) is 0 Å². The van der Waals surface area contributed by atoms with E-state index in [1.165, 1.54) is 0 Å². The van der Waals surface area contributed by atoms with Gasteiger partial charge in [0.2, 0.25) is 0 Å². The first-order valence-corrected chi connectivity index (χ1v) is 7.32. The first-order chi connectivity index (χ1) is 9.31. The van der Waals surface area contributed by atoms with Gasteiger partial charge in [-0.05, 0) is 38.2 Å². The molecule has 0 aliphatic carbocycles. The Morgan fingerprint density at radius 3 is 3.00 bits per heavy atom. The van der Waals surface area contributed by atoms with Gasteiger partial charge in [0.1, 0.15) is 5.75 Å². The van der Waals surface area contributed by atoms with Crippen LogP contribution in [-0.4, -0.2) is 24.4 Å². The van der Waals surface area contributed by atoms with Crippen LogP contribution in [0.4, 0.5) is 0 Å². The highest BCUT2D eigenvalue weighted by molar-refractivity contribution is 5.35. The lowest BCUT2D eigenvalue weighted by atomic mass is 10.0. The maximum absolute atomic E-state index is 10.3. The summed E-state index contributed by atoms with van der Waals surface area (Å²) in [6.07, 6.45) is 4.77. The molecule has 2 atom stereocenters. The van der Waals surface area contributed by atoms with Gasteiger partial charge in [0.15, 0.2) is 0 Å². The topological polar surface area (TPSA) is 38.7 Å². The van der Waals surface area contributed by atoms with Crippen molar-refractivity contribution in [3.8, 4) is 5.75 Å². The molecule has 1 aromatic rings. The van der Waals surface area contributed by atoms with Crippen molar-refractivity contribution in [1.82, 2.24) is 0 Å². The molecule has 0 spiro atoms. The predicted octanol–water partition coefficient (Wildman–Crippen LogP) is 3.47. The monoisotopic (exact) mass is 264 g/mol. The standard InChI is InChI=1S/C16H24O3/c1-2-11-19-16-8-4-3-7-14(16)15(17)10-9-13-6-5-12-18-13/h3-4,7-8,13,15,17H,2,5-6,9-12H2,1H3. The van der Waals surface area contributed by atoms with E-state index in [-0.39, 0.29) is 0 Å². The minimum absolute atomic E-state index is 0.332. The molecule has 1 N–H and O–H groups in total. The molecule has 1 heterocycles. The average Bonchev–Trinajstić information content (AvgIpc) is 2.96. The fourth-order valence-electron chi connectivity index (χ4n) is 2.47. The van der Waals surface area contributed by atoms with E-state index in [1.807, 2.05) is 24.3 Å². The molecule has 0 amide bonds. The van der Waals surface area contributed by atoms with E-state index in [2.05, 4.69) is 6.92 Å². The highest BCUT2D eigenvalue weighted by Gasteiger charge is 2.19. The summed E-state index contributed by atoms with van der Waals surface area (Å²) in [4.78, 5) is 0. The van der Waals surface area contributed by atoms with E-state index < -0.39 is 6.10 Å². The van der Waals surface area contributed by atoms with Crippen LogP contribution in [0.2, 0.25) is 0 Å². The van der Waals surface area contributed by atoms with E-state index >= 15 is 0 Å². The smallest absolute Gasteiger partial charge is 0.125 e. The molecule has 106 valence electrons. The minimum Gasteiger partial charge on any atom is -0.493 e. The Bertz CT molecular complexity index is 372. The summed E-state index contributed by atoms with van der Waals surface area (Å²) in [7, 11) is 0. The van der Waals surface area contributed by atoms with Gasteiger partial charge in [-0.1, -0.05) is 25.1 Å². The number of para-hydroxylation sites is 1. The highest BCUT2D eigenvalue weighted by Crippen LogP contribution is 2.30. The molecule has 0 saturated carbocycles. The van der Waals surface area contributed by atoms with Gasteiger partial charge in [-0.3, -0.25) is 0 Å². The van der Waals surface area contributed by atoms with Crippen molar-refractivity contribution in [3.63, 3.8) is 0 Å². The van der Waals surface area contributed by atoms with Crippen LogP contribution in [0.5, 0.6) is 5.75 Å². The number of rotatable bonds is 7. The Labute approximate surface area is 115 Å². The number of benzene rings is 1. The van der Waals surface area contributed by atoms with Crippen molar-refractivity contribution >= 4 is 0 Å². The third-order valence-electron chi connectivity index (χ3n) is 3.53. The Hall–Kier alpha value is -1.06. The molecule has 0 aromatic heterocycles. The average molecular weight is 264 g/mol. The lowest BCUT2D eigenvalue weighted by molar-refractivity contribution is 0.0803. The van der Waals surface area contributed by atoms with Gasteiger partial charge in [-0.2, -0.15) is 0 Å². The summed E-state index contributed by atoms with van der Waals surface area (Å²) in [5.41, 5.74) is 0.897. The number of hydrogen-bond donors (Lipinski definition) is 1. The predicted molar refractivity (Wildman–Crippen MR) is 75.4 cm³/mol. The van der Waals surface area contributed by atoms with E-state index in [0.717, 1.165) is 50.0 Å². The van der Waals surface area contributed by atoms with Crippen molar-refractivity contribution in [3.05, 3.63) is 29.8 Å². The third kappa shape index (κ3) is 4.22. The van der Waals surface area contributed by atoms with Crippen LogP contribution in [-0.2, 0) is 4.74 Å². The second kappa shape index (κ2) is 7.51. The number of hydrogen-bond acceptors (Lipinski definition) is 3. The van der Waals surface area contributed by atoms with Gasteiger partial charge < -0.3 is 14.6 Å². The van der Waals surface area contributed by atoms with E-state index in [0.29, 0.717) is 12.7 Å². The zero-order valence-electron chi connectivity index (χ0n) is 11.7. The molecule has 2 rings (SSSR count). The summed E-state index contributed by atoms with van der Waals surface area (Å²) in [5.74, 6) is 0.809. The first-order valence-electron chi connectivity index (χ1n) is 7.32. The molecule has 1 aliphatic rings. The van der Waals surface area contributed by atoms with E-state index in [4.69, 9.17) is 9.47 Å². The largest absolute Gasteiger partial charge is 0.493 e. The van der Waals surface area contributed by atoms with Crippen molar-refractivity contribution in [2.45, 2.75) is 51.2 Å². The Morgan fingerprint density at radius 1 is 1.42 bits per heavy atom. The fourth-order valence-corrected chi connectivity index (χ4v) is 2.47. The molecule has 19 heavy (non-hydrogen) atoms. The molecule has 0 bridgehead atoms. The Morgan fingerprint density at radius 2 is 2.26 bits per heavy atom. The Balaban J connectivity index is 1.91. The van der Waals surface area contributed by atoms with Gasteiger partial charge in [-0.15, -0.1) is 0 Å². The van der Waals surface area contributed by atoms with Crippen molar-refractivity contribution in [1.29, 1.82) is 0 Å². The normalized spacial score (nSPS) is 20.4. The molecule has 1 aliphatic heterocycles. The summed E-state index contributed by atoms with van der Waals surface area (Å²) in [6.45, 7) is 3.64. The summed E-state index contributed by atoms with van der Waals surface area (Å²) < 4.78 is 11.3. The zero-order chi connectivity index (χ0) is 13.5. The lowest BCUT2D eigenvalue weighted by Crippen LogP contribution is -2.09. The van der Waals surface area contributed by atoms with Crippen molar-refractivity contribution in [2.75, 3.05) is 13.2 Å². The van der Waals surface area contributed by atoms with Crippen LogP contribution in [0, 0.1) is 0 Å². The van der Waals surface area contributed by atoms with Crippen molar-refractivity contribution < 1.29 is 14.6 Å². The third-order valence-corrected chi connectivity index (χ3v) is 3.53. The summed E-state index contributed by atoms with van der Waals surface area (Å²) >= 11 is 0. The van der Waals surface area contributed by atoms with Crippen LogP contribution in [0.15, 0.2) is 24.3 Å². The van der Waals surface area contributed by atoms with Gasteiger partial charge in [0.05, 0.1) is 18.8 Å². The molecule has 1 fully saturated rings. The maximum Gasteiger partial charge on any atom is 0.125 e. The summed E-state index contributed by atoms with van der Waals surface area (Å²) in [5, 5.41) is 10.3. The van der Waals surface area contributed by atoms with E-state index in [1.54, 1.807) is 0 Å². The molecular formula is C16H24O3.